The average molecular weight is 495 g/mol. The van der Waals surface area contributed by atoms with Crippen molar-refractivity contribution in [1.29, 1.82) is 0 Å². The van der Waals surface area contributed by atoms with Crippen molar-refractivity contribution in [2.24, 2.45) is 0 Å². The molecule has 35 heavy (non-hydrogen) atoms. The summed E-state index contributed by atoms with van der Waals surface area (Å²) in [7, 11) is 0. The molecular formula is C26H23FN2O5S. The summed E-state index contributed by atoms with van der Waals surface area (Å²) in [5, 5.41) is 14.1. The lowest BCUT2D eigenvalue weighted by molar-refractivity contribution is -0.113. The highest BCUT2D eigenvalue weighted by molar-refractivity contribution is 7.99. The molecule has 180 valence electrons. The number of carbonyl (C=O) groups excluding carboxylic acids is 2. The number of halogens is 1. The van der Waals surface area contributed by atoms with Gasteiger partial charge in [0, 0.05) is 18.2 Å². The predicted octanol–water partition coefficient (Wildman–Crippen LogP) is 4.73. The molecule has 0 bridgehead atoms. The molecule has 0 fully saturated rings. The summed E-state index contributed by atoms with van der Waals surface area (Å²) in [5.41, 5.74) is 3.88. The minimum Gasteiger partial charge on any atom is -0.478 e. The third-order valence-electron chi connectivity index (χ3n) is 5.60. The van der Waals surface area contributed by atoms with Crippen molar-refractivity contribution in [2.45, 2.75) is 5.92 Å². The van der Waals surface area contributed by atoms with Gasteiger partial charge in [0.25, 0.3) is 0 Å². The minimum absolute atomic E-state index is 0.0275. The van der Waals surface area contributed by atoms with Crippen molar-refractivity contribution in [3.05, 3.63) is 89.2 Å². The number of nitrogens with one attached hydrogen (secondary N) is 2. The minimum atomic E-state index is -1.33. The molecule has 0 unspecified atom stereocenters. The van der Waals surface area contributed by atoms with Crippen LogP contribution in [0, 0.1) is 5.82 Å². The van der Waals surface area contributed by atoms with Crippen LogP contribution >= 0.6 is 11.8 Å². The average Bonchev–Trinajstić information content (AvgIpc) is 3.17. The maximum Gasteiger partial charge on any atom is 0.407 e. The number of alkyl carbamates (subject to hydrolysis) is 1. The third-order valence-corrected chi connectivity index (χ3v) is 6.56. The molecule has 0 atom stereocenters. The molecule has 1 aliphatic rings. The van der Waals surface area contributed by atoms with Crippen LogP contribution in [0.4, 0.5) is 14.9 Å². The zero-order valence-electron chi connectivity index (χ0n) is 18.6. The summed E-state index contributed by atoms with van der Waals surface area (Å²) in [5.74, 6) is -2.33. The van der Waals surface area contributed by atoms with Crippen LogP contribution in [0.25, 0.3) is 11.1 Å². The predicted molar refractivity (Wildman–Crippen MR) is 132 cm³/mol. The normalized spacial score (nSPS) is 11.9. The SMILES string of the molecule is O=C(CSCCNC(=O)OCC1c2ccccc2-c2ccccc21)Nc1c(F)cccc1C(=O)O. The highest BCUT2D eigenvalue weighted by atomic mass is 32.2. The molecule has 0 aliphatic heterocycles. The number of thioether (sulfide) groups is 1. The molecule has 2 amide bonds. The Morgan fingerprint density at radius 3 is 2.26 bits per heavy atom. The summed E-state index contributed by atoms with van der Waals surface area (Å²) in [6.45, 7) is 0.485. The van der Waals surface area contributed by atoms with E-state index in [-0.39, 0.29) is 36.1 Å². The number of anilines is 1. The number of hydrogen-bond acceptors (Lipinski definition) is 5. The van der Waals surface area contributed by atoms with Gasteiger partial charge in [-0.2, -0.15) is 11.8 Å². The van der Waals surface area contributed by atoms with E-state index in [4.69, 9.17) is 9.84 Å². The molecule has 1 aliphatic carbocycles. The second-order valence-electron chi connectivity index (χ2n) is 7.82. The number of benzene rings is 3. The van der Waals surface area contributed by atoms with Crippen LogP contribution in [0.3, 0.4) is 0 Å². The smallest absolute Gasteiger partial charge is 0.407 e. The molecule has 7 nitrogen and oxygen atoms in total. The molecule has 3 aromatic carbocycles. The van der Waals surface area contributed by atoms with E-state index in [0.717, 1.165) is 28.3 Å². The van der Waals surface area contributed by atoms with Gasteiger partial charge in [0.2, 0.25) is 5.91 Å². The maximum absolute atomic E-state index is 13.9. The number of amides is 2. The van der Waals surface area contributed by atoms with Gasteiger partial charge >= 0.3 is 12.1 Å². The first-order valence-electron chi connectivity index (χ1n) is 10.9. The Balaban J connectivity index is 1.19. The van der Waals surface area contributed by atoms with E-state index in [2.05, 4.69) is 22.8 Å². The number of carboxylic acids is 1. The van der Waals surface area contributed by atoms with Gasteiger partial charge < -0.3 is 20.5 Å². The van der Waals surface area contributed by atoms with E-state index in [1.807, 2.05) is 36.4 Å². The van der Waals surface area contributed by atoms with Crippen LogP contribution in [0.5, 0.6) is 0 Å². The second-order valence-corrected chi connectivity index (χ2v) is 8.93. The Kier molecular flexibility index (Phi) is 7.67. The fourth-order valence-electron chi connectivity index (χ4n) is 4.04. The van der Waals surface area contributed by atoms with E-state index in [1.165, 1.54) is 23.9 Å². The maximum atomic E-state index is 13.9. The number of fused-ring (bicyclic) bond motifs is 3. The number of carboxylic acid groups (broad SMARTS) is 1. The number of hydrogen-bond donors (Lipinski definition) is 3. The first-order chi connectivity index (χ1) is 17.0. The van der Waals surface area contributed by atoms with Gasteiger partial charge in [-0.15, -0.1) is 0 Å². The van der Waals surface area contributed by atoms with Crippen LogP contribution in [0.1, 0.15) is 27.4 Å². The summed E-state index contributed by atoms with van der Waals surface area (Å²) >= 11 is 1.22. The zero-order chi connectivity index (χ0) is 24.8. The lowest BCUT2D eigenvalue weighted by Crippen LogP contribution is -2.28. The van der Waals surface area contributed by atoms with Crippen LogP contribution in [0.2, 0.25) is 0 Å². The largest absolute Gasteiger partial charge is 0.478 e. The third kappa shape index (κ3) is 5.63. The van der Waals surface area contributed by atoms with Crippen molar-refractivity contribution in [3.63, 3.8) is 0 Å². The lowest BCUT2D eigenvalue weighted by atomic mass is 9.98. The Morgan fingerprint density at radius 2 is 1.60 bits per heavy atom. The van der Waals surface area contributed by atoms with Crippen LogP contribution in [0.15, 0.2) is 66.7 Å². The zero-order valence-corrected chi connectivity index (χ0v) is 19.4. The van der Waals surface area contributed by atoms with Crippen molar-refractivity contribution in [1.82, 2.24) is 5.32 Å². The molecule has 3 N–H and O–H groups in total. The van der Waals surface area contributed by atoms with Crippen molar-refractivity contribution < 1.29 is 28.6 Å². The Bertz CT molecular complexity index is 1220. The molecule has 0 radical (unpaired) electrons. The molecule has 0 saturated carbocycles. The summed E-state index contributed by atoms with van der Waals surface area (Å²) in [6, 6.07) is 19.7. The number of rotatable bonds is 9. The number of carbonyl (C=O) groups is 3. The van der Waals surface area contributed by atoms with E-state index < -0.39 is 23.8 Å². The molecule has 0 aromatic heterocycles. The monoisotopic (exact) mass is 494 g/mol. The molecular weight excluding hydrogens is 471 g/mol. The quantitative estimate of drug-likeness (QED) is 0.372. The van der Waals surface area contributed by atoms with Crippen LogP contribution in [-0.4, -0.2) is 47.7 Å². The number of aromatic carboxylic acids is 1. The summed E-state index contributed by atoms with van der Waals surface area (Å²) in [4.78, 5) is 35.5. The first kappa shape index (κ1) is 24.3. The van der Waals surface area contributed by atoms with Gasteiger partial charge in [-0.3, -0.25) is 4.79 Å². The van der Waals surface area contributed by atoms with Gasteiger partial charge in [-0.25, -0.2) is 14.0 Å². The van der Waals surface area contributed by atoms with Gasteiger partial charge in [0.15, 0.2) is 0 Å². The number of para-hydroxylation sites is 1. The van der Waals surface area contributed by atoms with Crippen molar-refractivity contribution in [3.8, 4) is 11.1 Å². The van der Waals surface area contributed by atoms with Crippen molar-refractivity contribution in [2.75, 3.05) is 30.0 Å². The highest BCUT2D eigenvalue weighted by Crippen LogP contribution is 2.44. The summed E-state index contributed by atoms with van der Waals surface area (Å²) in [6.07, 6.45) is -0.547. The van der Waals surface area contributed by atoms with E-state index >= 15 is 0 Å². The van der Waals surface area contributed by atoms with Gasteiger partial charge in [0.1, 0.15) is 12.4 Å². The molecule has 3 aromatic rings. The molecule has 0 heterocycles. The van der Waals surface area contributed by atoms with Gasteiger partial charge in [0.05, 0.1) is 17.0 Å². The van der Waals surface area contributed by atoms with E-state index in [1.54, 1.807) is 0 Å². The fraction of sp³-hybridized carbons (Fsp3) is 0.192. The fourth-order valence-corrected chi connectivity index (χ4v) is 4.69. The molecule has 9 heteroatoms. The second kappa shape index (κ2) is 11.1. The topological polar surface area (TPSA) is 105 Å². The van der Waals surface area contributed by atoms with E-state index in [9.17, 15) is 18.8 Å². The standard InChI is InChI=1S/C26H23FN2O5S/c27-22-11-5-10-20(25(31)32)24(22)29-23(30)15-35-13-12-28-26(33)34-14-21-18-8-3-1-6-16(18)17-7-2-4-9-19(17)21/h1-11,21H,12-15H2,(H,28,33)(H,29,30)(H,31,32). The first-order valence-corrected chi connectivity index (χ1v) is 12.1. The summed E-state index contributed by atoms with van der Waals surface area (Å²) < 4.78 is 19.4. The van der Waals surface area contributed by atoms with Crippen LogP contribution < -0.4 is 10.6 Å². The Labute approximate surface area is 205 Å². The highest BCUT2D eigenvalue weighted by Gasteiger charge is 2.29. The van der Waals surface area contributed by atoms with Gasteiger partial charge in [-0.05, 0) is 34.4 Å². The van der Waals surface area contributed by atoms with E-state index in [0.29, 0.717) is 5.75 Å². The Hall–Kier alpha value is -3.85. The number of ether oxygens (including phenoxy) is 1. The van der Waals surface area contributed by atoms with Crippen molar-refractivity contribution >= 4 is 35.4 Å². The van der Waals surface area contributed by atoms with Crippen LogP contribution in [-0.2, 0) is 9.53 Å². The molecule has 0 saturated heterocycles. The lowest BCUT2D eigenvalue weighted by Gasteiger charge is -2.14. The van der Waals surface area contributed by atoms with Gasteiger partial charge in [-0.1, -0.05) is 54.6 Å². The molecule has 4 rings (SSSR count). The molecule has 0 spiro atoms. The Morgan fingerprint density at radius 1 is 0.943 bits per heavy atom.